The second-order valence-corrected chi connectivity index (χ2v) is 7.24. The average molecular weight is 364 g/mol. The molecular formula is C18H24N2O4S. The van der Waals surface area contributed by atoms with Gasteiger partial charge in [-0.05, 0) is 30.5 Å². The molecule has 1 heterocycles. The molecule has 0 radical (unpaired) electrons. The summed E-state index contributed by atoms with van der Waals surface area (Å²) < 4.78 is 0. The lowest BCUT2D eigenvalue weighted by Crippen LogP contribution is -2.38. The van der Waals surface area contributed by atoms with E-state index in [1.165, 1.54) is 0 Å². The second-order valence-electron chi connectivity index (χ2n) is 6.02. The molecule has 2 N–H and O–H groups in total. The molecule has 25 heavy (non-hydrogen) atoms. The summed E-state index contributed by atoms with van der Waals surface area (Å²) in [5.74, 6) is 1.19. The van der Waals surface area contributed by atoms with Gasteiger partial charge in [0.1, 0.15) is 0 Å². The molecule has 136 valence electrons. The van der Waals surface area contributed by atoms with Gasteiger partial charge in [-0.2, -0.15) is 11.8 Å². The van der Waals surface area contributed by atoms with Crippen LogP contribution >= 0.6 is 11.8 Å². The lowest BCUT2D eigenvalue weighted by atomic mass is 10.1. The second kappa shape index (κ2) is 10.1. The molecule has 7 heteroatoms. The van der Waals surface area contributed by atoms with Gasteiger partial charge in [-0.15, -0.1) is 0 Å². The van der Waals surface area contributed by atoms with E-state index < -0.39 is 5.97 Å². The number of thioether (sulfide) groups is 1. The maximum atomic E-state index is 12.2. The Morgan fingerprint density at radius 2 is 1.68 bits per heavy atom. The number of hydrogen-bond acceptors (Lipinski definition) is 4. The van der Waals surface area contributed by atoms with Crippen molar-refractivity contribution in [3.05, 3.63) is 29.8 Å². The third-order valence-corrected chi connectivity index (χ3v) is 4.94. The predicted octanol–water partition coefficient (Wildman–Crippen LogP) is 2.39. The lowest BCUT2D eigenvalue weighted by molar-refractivity contribution is -0.137. The standard InChI is InChI=1S/C18H24N2O4S/c21-16(3-1-2-4-18(23)24)19-15-7-5-14(6-8-15)13-17(22)20-9-11-25-12-10-20/h5-8H,1-4,9-13H2,(H,19,21)(H,23,24). The minimum atomic E-state index is -0.839. The number of carboxylic acids is 1. The number of anilines is 1. The van der Waals surface area contributed by atoms with Crippen LogP contribution in [0.5, 0.6) is 0 Å². The number of rotatable bonds is 8. The molecular weight excluding hydrogens is 340 g/mol. The summed E-state index contributed by atoms with van der Waals surface area (Å²) in [5, 5.41) is 11.3. The zero-order chi connectivity index (χ0) is 18.1. The van der Waals surface area contributed by atoms with Crippen LogP contribution in [0.4, 0.5) is 5.69 Å². The monoisotopic (exact) mass is 364 g/mol. The highest BCUT2D eigenvalue weighted by Crippen LogP contribution is 2.14. The number of carbonyl (C=O) groups is 3. The highest BCUT2D eigenvalue weighted by molar-refractivity contribution is 7.99. The van der Waals surface area contributed by atoms with Crippen LogP contribution < -0.4 is 5.32 Å². The molecule has 1 aromatic carbocycles. The molecule has 1 aromatic rings. The number of aliphatic carboxylic acids is 1. The molecule has 6 nitrogen and oxygen atoms in total. The smallest absolute Gasteiger partial charge is 0.303 e. The highest BCUT2D eigenvalue weighted by atomic mass is 32.2. The Hall–Kier alpha value is -2.02. The van der Waals surface area contributed by atoms with Crippen molar-refractivity contribution in [1.29, 1.82) is 0 Å². The molecule has 1 aliphatic rings. The number of nitrogens with zero attached hydrogens (tertiary/aromatic N) is 1. The summed E-state index contributed by atoms with van der Waals surface area (Å²) in [7, 11) is 0. The first-order valence-electron chi connectivity index (χ1n) is 8.50. The van der Waals surface area contributed by atoms with E-state index in [1.807, 2.05) is 28.8 Å². The van der Waals surface area contributed by atoms with Crippen molar-refractivity contribution in [2.24, 2.45) is 0 Å². The fourth-order valence-corrected chi connectivity index (χ4v) is 3.49. The Morgan fingerprint density at radius 3 is 2.32 bits per heavy atom. The SMILES string of the molecule is O=C(O)CCCCC(=O)Nc1ccc(CC(=O)N2CCSCC2)cc1. The topological polar surface area (TPSA) is 86.7 Å². The van der Waals surface area contributed by atoms with Crippen LogP contribution in [0.15, 0.2) is 24.3 Å². The number of unbranched alkanes of at least 4 members (excludes halogenated alkanes) is 1. The van der Waals surface area contributed by atoms with Gasteiger partial charge in [0.2, 0.25) is 11.8 Å². The van der Waals surface area contributed by atoms with Crippen molar-refractivity contribution in [2.45, 2.75) is 32.1 Å². The average Bonchev–Trinajstić information content (AvgIpc) is 2.61. The molecule has 1 saturated heterocycles. The van der Waals surface area contributed by atoms with Crippen molar-refractivity contribution in [3.8, 4) is 0 Å². The maximum absolute atomic E-state index is 12.2. The van der Waals surface area contributed by atoms with Crippen molar-refractivity contribution in [2.75, 3.05) is 29.9 Å². The highest BCUT2D eigenvalue weighted by Gasteiger charge is 2.16. The van der Waals surface area contributed by atoms with Crippen LogP contribution in [0.25, 0.3) is 0 Å². The van der Waals surface area contributed by atoms with Crippen LogP contribution in [0, 0.1) is 0 Å². The van der Waals surface area contributed by atoms with E-state index in [-0.39, 0.29) is 18.2 Å². The Balaban J connectivity index is 1.74. The number of benzene rings is 1. The van der Waals surface area contributed by atoms with Gasteiger partial charge >= 0.3 is 5.97 Å². The van der Waals surface area contributed by atoms with Gasteiger partial charge in [0.15, 0.2) is 0 Å². The van der Waals surface area contributed by atoms with E-state index in [9.17, 15) is 14.4 Å². The molecule has 1 fully saturated rings. The van der Waals surface area contributed by atoms with Gasteiger partial charge in [-0.25, -0.2) is 0 Å². The molecule has 0 aliphatic carbocycles. The number of carbonyl (C=O) groups excluding carboxylic acids is 2. The Kier molecular flexibility index (Phi) is 7.78. The Morgan fingerprint density at radius 1 is 1.04 bits per heavy atom. The first-order valence-corrected chi connectivity index (χ1v) is 9.66. The van der Waals surface area contributed by atoms with Crippen molar-refractivity contribution in [1.82, 2.24) is 4.90 Å². The third kappa shape index (κ3) is 7.17. The van der Waals surface area contributed by atoms with E-state index >= 15 is 0 Å². The maximum Gasteiger partial charge on any atom is 0.303 e. The zero-order valence-corrected chi connectivity index (χ0v) is 15.0. The van der Waals surface area contributed by atoms with Crippen LogP contribution in [0.3, 0.4) is 0 Å². The summed E-state index contributed by atoms with van der Waals surface area (Å²) in [6, 6.07) is 7.31. The quantitative estimate of drug-likeness (QED) is 0.692. The van der Waals surface area contributed by atoms with Gasteiger partial charge in [-0.3, -0.25) is 14.4 Å². The van der Waals surface area contributed by atoms with Crippen molar-refractivity contribution >= 4 is 35.2 Å². The number of amides is 2. The van der Waals surface area contributed by atoms with Crippen LogP contribution in [-0.2, 0) is 20.8 Å². The number of carboxylic acid groups (broad SMARTS) is 1. The van der Waals surface area contributed by atoms with Crippen LogP contribution in [0.1, 0.15) is 31.2 Å². The minimum absolute atomic E-state index is 0.0890. The molecule has 0 atom stereocenters. The largest absolute Gasteiger partial charge is 0.481 e. The summed E-state index contributed by atoms with van der Waals surface area (Å²) in [6.07, 6.45) is 1.83. The first-order chi connectivity index (χ1) is 12.0. The fraction of sp³-hybridized carbons (Fsp3) is 0.500. The third-order valence-electron chi connectivity index (χ3n) is 4.00. The van der Waals surface area contributed by atoms with Crippen LogP contribution in [-0.4, -0.2) is 52.4 Å². The van der Waals surface area contributed by atoms with E-state index in [1.54, 1.807) is 12.1 Å². The van der Waals surface area contributed by atoms with E-state index in [0.29, 0.717) is 31.4 Å². The molecule has 2 amide bonds. The van der Waals surface area contributed by atoms with Crippen LogP contribution in [0.2, 0.25) is 0 Å². The van der Waals surface area contributed by atoms with Gasteiger partial charge in [0.25, 0.3) is 0 Å². The van der Waals surface area contributed by atoms with Crippen molar-refractivity contribution < 1.29 is 19.5 Å². The minimum Gasteiger partial charge on any atom is -0.481 e. The van der Waals surface area contributed by atoms with Gasteiger partial charge in [0, 0.05) is 43.1 Å². The molecule has 0 saturated carbocycles. The Bertz CT molecular complexity index is 598. The lowest BCUT2D eigenvalue weighted by Gasteiger charge is -2.26. The summed E-state index contributed by atoms with van der Waals surface area (Å²) >= 11 is 1.88. The zero-order valence-electron chi connectivity index (χ0n) is 14.2. The van der Waals surface area contributed by atoms with Gasteiger partial charge < -0.3 is 15.3 Å². The van der Waals surface area contributed by atoms with E-state index in [4.69, 9.17) is 5.11 Å². The summed E-state index contributed by atoms with van der Waals surface area (Å²) in [6.45, 7) is 1.64. The number of hydrogen-bond donors (Lipinski definition) is 2. The molecule has 0 unspecified atom stereocenters. The molecule has 0 bridgehead atoms. The predicted molar refractivity (Wildman–Crippen MR) is 98.8 cm³/mol. The first kappa shape index (κ1) is 19.3. The Labute approximate surface area is 152 Å². The summed E-state index contributed by atoms with van der Waals surface area (Å²) in [4.78, 5) is 36.4. The molecule has 0 spiro atoms. The molecule has 2 rings (SSSR count). The van der Waals surface area contributed by atoms with Gasteiger partial charge in [0.05, 0.1) is 6.42 Å². The van der Waals surface area contributed by atoms with E-state index in [0.717, 1.165) is 30.2 Å². The molecule has 1 aliphatic heterocycles. The van der Waals surface area contributed by atoms with Crippen molar-refractivity contribution in [3.63, 3.8) is 0 Å². The van der Waals surface area contributed by atoms with Gasteiger partial charge in [-0.1, -0.05) is 12.1 Å². The summed E-state index contributed by atoms with van der Waals surface area (Å²) in [5.41, 5.74) is 1.62. The fourth-order valence-electron chi connectivity index (χ4n) is 2.59. The normalized spacial score (nSPS) is 14.2. The molecule has 0 aromatic heterocycles. The number of nitrogens with one attached hydrogen (secondary N) is 1. The van der Waals surface area contributed by atoms with E-state index in [2.05, 4.69) is 5.32 Å².